The standard InChI is InChI=1S/C13H13BrN2O2S3/c1-8-4-9(13(15)19)2-3-12(8)21(17,18)16-6-11-5-10(14)7-20-11/h2-5,7,16H,6H2,1H3,(H2,15,19). The van der Waals surface area contributed by atoms with Gasteiger partial charge in [-0.15, -0.1) is 11.3 Å². The Hall–Kier alpha value is -0.800. The van der Waals surface area contributed by atoms with Crippen LogP contribution >= 0.6 is 39.5 Å². The van der Waals surface area contributed by atoms with E-state index in [1.807, 2.05) is 11.4 Å². The minimum absolute atomic E-state index is 0.234. The van der Waals surface area contributed by atoms with Crippen LogP contribution in [0.15, 0.2) is 39.0 Å². The third kappa shape index (κ3) is 4.10. The van der Waals surface area contributed by atoms with Crippen molar-refractivity contribution < 1.29 is 8.42 Å². The molecular weight excluding hydrogens is 392 g/mol. The summed E-state index contributed by atoms with van der Waals surface area (Å²) in [6, 6.07) is 6.71. The van der Waals surface area contributed by atoms with Crippen LogP contribution in [0.25, 0.3) is 0 Å². The summed E-state index contributed by atoms with van der Waals surface area (Å²) in [5.74, 6) is 0. The van der Waals surface area contributed by atoms with Crippen molar-refractivity contribution in [2.45, 2.75) is 18.4 Å². The average molecular weight is 405 g/mol. The van der Waals surface area contributed by atoms with Crippen molar-refractivity contribution in [3.63, 3.8) is 0 Å². The van der Waals surface area contributed by atoms with E-state index >= 15 is 0 Å². The van der Waals surface area contributed by atoms with Gasteiger partial charge < -0.3 is 5.73 Å². The molecule has 2 aromatic rings. The van der Waals surface area contributed by atoms with Crippen LogP contribution in [-0.2, 0) is 16.6 Å². The first-order valence-corrected chi connectivity index (χ1v) is 9.49. The summed E-state index contributed by atoms with van der Waals surface area (Å²) in [6.45, 7) is 1.98. The molecule has 0 bridgehead atoms. The molecule has 0 unspecified atom stereocenters. The van der Waals surface area contributed by atoms with Crippen molar-refractivity contribution in [1.82, 2.24) is 4.72 Å². The van der Waals surface area contributed by atoms with E-state index in [0.717, 1.165) is 9.35 Å². The zero-order valence-corrected chi connectivity index (χ0v) is 15.1. The zero-order chi connectivity index (χ0) is 15.6. The van der Waals surface area contributed by atoms with Gasteiger partial charge in [0.1, 0.15) is 4.99 Å². The lowest BCUT2D eigenvalue weighted by Gasteiger charge is -2.10. The molecule has 0 atom stereocenters. The molecule has 1 heterocycles. The fourth-order valence-corrected chi connectivity index (χ4v) is 4.63. The number of hydrogen-bond acceptors (Lipinski definition) is 4. The molecule has 1 aromatic carbocycles. The topological polar surface area (TPSA) is 72.2 Å². The highest BCUT2D eigenvalue weighted by molar-refractivity contribution is 9.10. The largest absolute Gasteiger partial charge is 0.389 e. The fourth-order valence-electron chi connectivity index (χ4n) is 1.79. The number of benzene rings is 1. The summed E-state index contributed by atoms with van der Waals surface area (Å²) in [5, 5.41) is 1.91. The van der Waals surface area contributed by atoms with Crippen molar-refractivity contribution in [2.24, 2.45) is 5.73 Å². The van der Waals surface area contributed by atoms with Crippen LogP contribution in [0.5, 0.6) is 0 Å². The van der Waals surface area contributed by atoms with E-state index < -0.39 is 10.0 Å². The summed E-state index contributed by atoms with van der Waals surface area (Å²) in [5.41, 5.74) is 6.81. The molecule has 4 nitrogen and oxygen atoms in total. The smallest absolute Gasteiger partial charge is 0.241 e. The SMILES string of the molecule is Cc1cc(C(N)=S)ccc1S(=O)(=O)NCc1cc(Br)cs1. The Bertz CT molecular complexity index is 784. The minimum Gasteiger partial charge on any atom is -0.389 e. The van der Waals surface area contributed by atoms with E-state index in [9.17, 15) is 8.42 Å². The molecule has 0 aliphatic carbocycles. The lowest BCUT2D eigenvalue weighted by Crippen LogP contribution is -2.24. The molecule has 0 aliphatic rings. The highest BCUT2D eigenvalue weighted by Gasteiger charge is 2.17. The maximum Gasteiger partial charge on any atom is 0.241 e. The van der Waals surface area contributed by atoms with Gasteiger partial charge in [-0.1, -0.05) is 18.3 Å². The molecule has 0 aliphatic heterocycles. The summed E-state index contributed by atoms with van der Waals surface area (Å²) in [6.07, 6.45) is 0. The van der Waals surface area contributed by atoms with Gasteiger partial charge in [-0.25, -0.2) is 13.1 Å². The number of thiocarbonyl (C=S) groups is 1. The maximum atomic E-state index is 12.3. The van der Waals surface area contributed by atoms with Crippen molar-refractivity contribution in [1.29, 1.82) is 0 Å². The second-order valence-corrected chi connectivity index (χ2v) is 8.49. The summed E-state index contributed by atoms with van der Waals surface area (Å²) in [4.78, 5) is 1.42. The first-order chi connectivity index (χ1) is 9.79. The number of hydrogen-bond donors (Lipinski definition) is 2. The molecule has 112 valence electrons. The van der Waals surface area contributed by atoms with Gasteiger partial charge in [0.05, 0.1) is 4.90 Å². The van der Waals surface area contributed by atoms with Crippen molar-refractivity contribution in [3.8, 4) is 0 Å². The molecular formula is C13H13BrN2O2S3. The molecule has 0 fully saturated rings. The monoisotopic (exact) mass is 404 g/mol. The quantitative estimate of drug-likeness (QED) is 0.751. The van der Waals surface area contributed by atoms with Crippen molar-refractivity contribution >= 4 is 54.5 Å². The average Bonchev–Trinajstić information content (AvgIpc) is 2.82. The molecule has 0 saturated carbocycles. The summed E-state index contributed by atoms with van der Waals surface area (Å²) in [7, 11) is -3.57. The molecule has 8 heteroatoms. The fraction of sp³-hybridized carbons (Fsp3) is 0.154. The Balaban J connectivity index is 2.21. The number of rotatable bonds is 5. The van der Waals surface area contributed by atoms with Gasteiger partial charge in [0.2, 0.25) is 10.0 Å². The van der Waals surface area contributed by atoms with Gasteiger partial charge in [0, 0.05) is 26.8 Å². The number of nitrogens with two attached hydrogens (primary N) is 1. The lowest BCUT2D eigenvalue weighted by molar-refractivity contribution is 0.581. The second kappa shape index (κ2) is 6.53. The molecule has 0 spiro atoms. The van der Waals surface area contributed by atoms with Gasteiger partial charge in [-0.05, 0) is 46.6 Å². The van der Waals surface area contributed by atoms with E-state index in [0.29, 0.717) is 11.1 Å². The summed E-state index contributed by atoms with van der Waals surface area (Å²) >= 11 is 9.71. The van der Waals surface area contributed by atoms with Crippen LogP contribution in [0.4, 0.5) is 0 Å². The van der Waals surface area contributed by atoms with E-state index in [2.05, 4.69) is 20.7 Å². The predicted molar refractivity (Wildman–Crippen MR) is 93.1 cm³/mol. The first-order valence-electron chi connectivity index (χ1n) is 5.92. The zero-order valence-electron chi connectivity index (χ0n) is 11.1. The van der Waals surface area contributed by atoms with Gasteiger partial charge in [-0.3, -0.25) is 0 Å². The van der Waals surface area contributed by atoms with Gasteiger partial charge in [0.25, 0.3) is 0 Å². The van der Waals surface area contributed by atoms with Crippen molar-refractivity contribution in [2.75, 3.05) is 0 Å². The Morgan fingerprint density at radius 3 is 2.67 bits per heavy atom. The summed E-state index contributed by atoms with van der Waals surface area (Å²) < 4.78 is 28.2. The van der Waals surface area contributed by atoms with Crippen LogP contribution in [0.2, 0.25) is 0 Å². The molecule has 21 heavy (non-hydrogen) atoms. The molecule has 0 amide bonds. The van der Waals surface area contributed by atoms with Crippen LogP contribution in [0, 0.1) is 6.92 Å². The molecule has 1 aromatic heterocycles. The highest BCUT2D eigenvalue weighted by atomic mass is 79.9. The molecule has 2 rings (SSSR count). The van der Waals surface area contributed by atoms with Crippen molar-refractivity contribution in [3.05, 3.63) is 50.1 Å². The Morgan fingerprint density at radius 1 is 1.43 bits per heavy atom. The number of nitrogens with one attached hydrogen (secondary N) is 1. The molecule has 0 saturated heterocycles. The first kappa shape index (κ1) is 16.6. The highest BCUT2D eigenvalue weighted by Crippen LogP contribution is 2.21. The van der Waals surface area contributed by atoms with Gasteiger partial charge in [-0.2, -0.15) is 0 Å². The van der Waals surface area contributed by atoms with Gasteiger partial charge >= 0.3 is 0 Å². The number of sulfonamides is 1. The number of aryl methyl sites for hydroxylation is 1. The third-order valence-electron chi connectivity index (χ3n) is 2.81. The van der Waals surface area contributed by atoms with E-state index in [4.69, 9.17) is 18.0 Å². The Labute approximate surface area is 141 Å². The predicted octanol–water partition coefficient (Wildman–Crippen LogP) is 2.93. The Morgan fingerprint density at radius 2 is 2.14 bits per heavy atom. The maximum absolute atomic E-state index is 12.3. The van der Waals surface area contributed by atoms with E-state index in [-0.39, 0.29) is 16.4 Å². The van der Waals surface area contributed by atoms with Crippen LogP contribution < -0.4 is 10.5 Å². The molecule has 3 N–H and O–H groups in total. The van der Waals surface area contributed by atoms with E-state index in [1.54, 1.807) is 19.1 Å². The minimum atomic E-state index is -3.57. The lowest BCUT2D eigenvalue weighted by atomic mass is 10.1. The normalized spacial score (nSPS) is 11.5. The number of halogens is 1. The van der Waals surface area contributed by atoms with E-state index in [1.165, 1.54) is 17.4 Å². The van der Waals surface area contributed by atoms with Crippen LogP contribution in [0.3, 0.4) is 0 Å². The van der Waals surface area contributed by atoms with Crippen LogP contribution in [-0.4, -0.2) is 13.4 Å². The molecule has 0 radical (unpaired) electrons. The number of thiophene rings is 1. The third-order valence-corrected chi connectivity index (χ3v) is 6.30. The Kier molecular flexibility index (Phi) is 5.15. The van der Waals surface area contributed by atoms with Crippen LogP contribution in [0.1, 0.15) is 16.0 Å². The second-order valence-electron chi connectivity index (χ2n) is 4.40. The van der Waals surface area contributed by atoms with Gasteiger partial charge in [0.15, 0.2) is 0 Å².